The molecule has 0 spiro atoms. The summed E-state index contributed by atoms with van der Waals surface area (Å²) in [6.07, 6.45) is 2.40. The van der Waals surface area contributed by atoms with Crippen molar-refractivity contribution in [2.75, 3.05) is 27.2 Å². The van der Waals surface area contributed by atoms with E-state index in [1.807, 2.05) is 36.2 Å². The highest BCUT2D eigenvalue weighted by atomic mass is 35.5. The zero-order chi connectivity index (χ0) is 13.8. The van der Waals surface area contributed by atoms with Crippen LogP contribution in [-0.4, -0.2) is 48.9 Å². The maximum atomic E-state index is 12.4. The zero-order valence-corrected chi connectivity index (χ0v) is 12.4. The molecule has 1 aromatic carbocycles. The van der Waals surface area contributed by atoms with E-state index in [4.69, 9.17) is 11.6 Å². The number of carbonyl (C=O) groups is 1. The second-order valence-electron chi connectivity index (χ2n) is 5.30. The van der Waals surface area contributed by atoms with Crippen LogP contribution in [0.2, 0.25) is 0 Å². The minimum absolute atomic E-state index is 0.0762. The number of benzene rings is 1. The predicted octanol–water partition coefficient (Wildman–Crippen LogP) is 2.59. The number of halogens is 1. The molecule has 1 aromatic rings. The maximum Gasteiger partial charge on any atom is 0.253 e. The first kappa shape index (κ1) is 14.4. The van der Waals surface area contributed by atoms with Gasteiger partial charge in [0.05, 0.1) is 0 Å². The van der Waals surface area contributed by atoms with Crippen LogP contribution < -0.4 is 0 Å². The van der Waals surface area contributed by atoms with Crippen LogP contribution in [0.25, 0.3) is 0 Å². The van der Waals surface area contributed by atoms with Gasteiger partial charge in [-0.25, -0.2) is 0 Å². The Morgan fingerprint density at radius 2 is 2.32 bits per heavy atom. The lowest BCUT2D eigenvalue weighted by atomic mass is 10.1. The normalized spacial score (nSPS) is 19.6. The van der Waals surface area contributed by atoms with E-state index in [2.05, 4.69) is 11.9 Å². The number of carbonyl (C=O) groups excluding carboxylic acids is 1. The van der Waals surface area contributed by atoms with Crippen LogP contribution in [0.4, 0.5) is 0 Å². The van der Waals surface area contributed by atoms with Crippen molar-refractivity contribution in [2.24, 2.45) is 0 Å². The molecule has 1 heterocycles. The fraction of sp³-hybridized carbons (Fsp3) is 0.533. The number of likely N-dealkylation sites (N-methyl/N-ethyl adjacent to an activating group) is 2. The van der Waals surface area contributed by atoms with Crippen molar-refractivity contribution in [1.29, 1.82) is 0 Å². The summed E-state index contributed by atoms with van der Waals surface area (Å²) in [4.78, 5) is 16.5. The molecule has 2 rings (SSSR count). The number of amides is 1. The first-order chi connectivity index (χ1) is 9.11. The van der Waals surface area contributed by atoms with E-state index in [1.165, 1.54) is 12.8 Å². The lowest BCUT2D eigenvalue weighted by molar-refractivity contribution is 0.0761. The first-order valence-corrected chi connectivity index (χ1v) is 7.26. The molecule has 3 nitrogen and oxygen atoms in total. The highest BCUT2D eigenvalue weighted by Gasteiger charge is 2.24. The van der Waals surface area contributed by atoms with Gasteiger partial charge in [-0.05, 0) is 44.1 Å². The molecule has 1 saturated heterocycles. The van der Waals surface area contributed by atoms with Crippen molar-refractivity contribution in [3.8, 4) is 0 Å². The summed E-state index contributed by atoms with van der Waals surface area (Å²) in [5, 5.41) is 0. The highest BCUT2D eigenvalue weighted by Crippen LogP contribution is 2.17. The summed E-state index contributed by atoms with van der Waals surface area (Å²) in [7, 11) is 4.01. The van der Waals surface area contributed by atoms with Gasteiger partial charge in [0, 0.05) is 31.1 Å². The molecule has 1 amide bonds. The van der Waals surface area contributed by atoms with Crippen molar-refractivity contribution in [3.63, 3.8) is 0 Å². The molecule has 1 aliphatic rings. The third-order valence-corrected chi connectivity index (χ3v) is 4.14. The lowest BCUT2D eigenvalue weighted by Crippen LogP contribution is -2.39. The van der Waals surface area contributed by atoms with Crippen molar-refractivity contribution in [2.45, 2.75) is 24.8 Å². The van der Waals surface area contributed by atoms with Gasteiger partial charge in [0.2, 0.25) is 0 Å². The average molecular weight is 281 g/mol. The highest BCUT2D eigenvalue weighted by molar-refractivity contribution is 6.17. The van der Waals surface area contributed by atoms with Gasteiger partial charge in [-0.1, -0.05) is 12.1 Å². The molecule has 1 fully saturated rings. The molecule has 19 heavy (non-hydrogen) atoms. The number of rotatable bonds is 4. The Balaban J connectivity index is 2.01. The minimum Gasteiger partial charge on any atom is -0.340 e. The first-order valence-electron chi connectivity index (χ1n) is 6.72. The van der Waals surface area contributed by atoms with Crippen molar-refractivity contribution in [3.05, 3.63) is 35.4 Å². The topological polar surface area (TPSA) is 23.6 Å². The van der Waals surface area contributed by atoms with Crippen LogP contribution in [0.5, 0.6) is 0 Å². The standard InChI is InChI=1S/C15H21ClN2O/c1-17-8-4-7-14(17)11-18(2)15(19)13-6-3-5-12(9-13)10-16/h3,5-6,9,14H,4,7-8,10-11H2,1-2H3. The lowest BCUT2D eigenvalue weighted by Gasteiger charge is -2.26. The molecule has 0 aliphatic carbocycles. The number of likely N-dealkylation sites (tertiary alicyclic amines) is 1. The summed E-state index contributed by atoms with van der Waals surface area (Å²) < 4.78 is 0. The Labute approximate surface area is 120 Å². The van der Waals surface area contributed by atoms with E-state index in [0.29, 0.717) is 11.9 Å². The van der Waals surface area contributed by atoms with Gasteiger partial charge in [-0.15, -0.1) is 11.6 Å². The van der Waals surface area contributed by atoms with E-state index >= 15 is 0 Å². The van der Waals surface area contributed by atoms with Gasteiger partial charge in [0.15, 0.2) is 0 Å². The van der Waals surface area contributed by atoms with E-state index in [9.17, 15) is 4.79 Å². The van der Waals surface area contributed by atoms with Crippen LogP contribution in [0.15, 0.2) is 24.3 Å². The second kappa shape index (κ2) is 6.40. The zero-order valence-electron chi connectivity index (χ0n) is 11.6. The van der Waals surface area contributed by atoms with E-state index in [-0.39, 0.29) is 5.91 Å². The third-order valence-electron chi connectivity index (χ3n) is 3.83. The summed E-state index contributed by atoms with van der Waals surface area (Å²) in [6, 6.07) is 8.05. The molecular weight excluding hydrogens is 260 g/mol. The van der Waals surface area contributed by atoms with Gasteiger partial charge in [0.25, 0.3) is 5.91 Å². The van der Waals surface area contributed by atoms with Crippen LogP contribution in [0.1, 0.15) is 28.8 Å². The van der Waals surface area contributed by atoms with Gasteiger partial charge in [-0.3, -0.25) is 4.79 Å². The van der Waals surface area contributed by atoms with Gasteiger partial charge >= 0.3 is 0 Å². The summed E-state index contributed by atoms with van der Waals surface area (Å²) in [5.41, 5.74) is 1.71. The van der Waals surface area contributed by atoms with E-state index in [1.54, 1.807) is 0 Å². The Bertz CT molecular complexity index is 450. The molecule has 1 atom stereocenters. The van der Waals surface area contributed by atoms with Gasteiger partial charge < -0.3 is 9.80 Å². The minimum atomic E-state index is 0.0762. The van der Waals surface area contributed by atoms with Crippen LogP contribution in [0, 0.1) is 0 Å². The summed E-state index contributed by atoms with van der Waals surface area (Å²) >= 11 is 5.81. The fourth-order valence-electron chi connectivity index (χ4n) is 2.62. The molecular formula is C15H21ClN2O. The Kier molecular flexibility index (Phi) is 4.83. The Morgan fingerprint density at radius 3 is 2.95 bits per heavy atom. The summed E-state index contributed by atoms with van der Waals surface area (Å²) in [5.74, 6) is 0.517. The molecule has 0 bridgehead atoms. The number of alkyl halides is 1. The second-order valence-corrected chi connectivity index (χ2v) is 5.56. The Hall–Kier alpha value is -1.06. The summed E-state index contributed by atoms with van der Waals surface area (Å²) in [6.45, 7) is 1.93. The smallest absolute Gasteiger partial charge is 0.253 e. The van der Waals surface area contributed by atoms with E-state index < -0.39 is 0 Å². The number of nitrogens with zero attached hydrogens (tertiary/aromatic N) is 2. The van der Waals surface area contributed by atoms with Crippen molar-refractivity contribution in [1.82, 2.24) is 9.80 Å². The quantitative estimate of drug-likeness (QED) is 0.792. The van der Waals surface area contributed by atoms with Crippen LogP contribution in [0.3, 0.4) is 0 Å². The average Bonchev–Trinajstić information content (AvgIpc) is 2.83. The molecule has 0 radical (unpaired) electrons. The van der Waals surface area contributed by atoms with Crippen molar-refractivity contribution >= 4 is 17.5 Å². The molecule has 104 valence electrons. The van der Waals surface area contributed by atoms with Crippen LogP contribution in [-0.2, 0) is 5.88 Å². The van der Waals surface area contributed by atoms with Gasteiger partial charge in [-0.2, -0.15) is 0 Å². The predicted molar refractivity (Wildman–Crippen MR) is 78.6 cm³/mol. The molecule has 4 heteroatoms. The SMILES string of the molecule is CN(CC1CCCN1C)C(=O)c1cccc(CCl)c1. The largest absolute Gasteiger partial charge is 0.340 e. The maximum absolute atomic E-state index is 12.4. The van der Waals surface area contributed by atoms with Crippen LogP contribution >= 0.6 is 11.6 Å². The number of hydrogen-bond donors (Lipinski definition) is 0. The number of hydrogen-bond acceptors (Lipinski definition) is 2. The molecule has 0 aromatic heterocycles. The monoisotopic (exact) mass is 280 g/mol. The van der Waals surface area contributed by atoms with Crippen molar-refractivity contribution < 1.29 is 4.79 Å². The molecule has 0 N–H and O–H groups in total. The molecule has 1 aliphatic heterocycles. The van der Waals surface area contributed by atoms with E-state index in [0.717, 1.165) is 24.2 Å². The fourth-order valence-corrected chi connectivity index (χ4v) is 2.78. The molecule has 0 saturated carbocycles. The molecule has 1 unspecified atom stereocenters. The van der Waals surface area contributed by atoms with Gasteiger partial charge in [0.1, 0.15) is 0 Å². The Morgan fingerprint density at radius 1 is 1.53 bits per heavy atom. The third kappa shape index (κ3) is 3.48.